The van der Waals surface area contributed by atoms with Gasteiger partial charge in [-0.05, 0) is 47.0 Å². The molecule has 0 saturated carbocycles. The molecule has 162 valence electrons. The molecule has 0 saturated heterocycles. The van der Waals surface area contributed by atoms with Crippen molar-refractivity contribution in [1.82, 2.24) is 24.7 Å². The number of pyridine rings is 2. The minimum Gasteiger partial charge on any atom is -0.264 e. The van der Waals surface area contributed by atoms with Crippen LogP contribution in [0.2, 0.25) is 0 Å². The summed E-state index contributed by atoms with van der Waals surface area (Å²) in [6.07, 6.45) is 8.58. The van der Waals surface area contributed by atoms with E-state index in [1.807, 2.05) is 24.3 Å². The highest BCUT2D eigenvalue weighted by atomic mass is 32.2. The maximum Gasteiger partial charge on any atom is 0.201 e. The van der Waals surface area contributed by atoms with Crippen LogP contribution in [0.25, 0.3) is 0 Å². The Hall–Kier alpha value is -3.56. The van der Waals surface area contributed by atoms with Crippen LogP contribution in [0.3, 0.4) is 0 Å². The van der Waals surface area contributed by atoms with Gasteiger partial charge in [-0.2, -0.15) is 0 Å². The summed E-state index contributed by atoms with van der Waals surface area (Å²) < 4.78 is 37.9. The predicted octanol–water partition coefficient (Wildman–Crippen LogP) is 2.99. The highest BCUT2D eigenvalue weighted by Gasteiger charge is 2.30. The molecule has 0 fully saturated rings. The lowest BCUT2D eigenvalue weighted by atomic mass is 9.76. The Morgan fingerprint density at radius 1 is 0.812 bits per heavy atom. The van der Waals surface area contributed by atoms with Crippen LogP contribution in [0.15, 0.2) is 85.6 Å². The number of benzene rings is 1. The van der Waals surface area contributed by atoms with Gasteiger partial charge in [-0.15, -0.1) is 0 Å². The van der Waals surface area contributed by atoms with Crippen molar-refractivity contribution in [1.29, 1.82) is 0 Å². The summed E-state index contributed by atoms with van der Waals surface area (Å²) in [5.74, 6) is -0.551. The quantitative estimate of drug-likeness (QED) is 0.402. The number of thiol groups is 1. The molecule has 0 aliphatic carbocycles. The third kappa shape index (κ3) is 5.19. The Morgan fingerprint density at radius 3 is 2.03 bits per heavy atom. The standard InChI is InChI=1S/C23H20FN5O2S/c24-19-7-5-16(6-8-19)23(20-9-12-27-21(29-20)15-28-32(30)31)22(17-3-1-10-25-13-17)18-4-2-11-26-14-18/h1-14,22-23,32H,15H2,(H,28,30,31). The van der Waals surface area contributed by atoms with Crippen LogP contribution in [0.4, 0.5) is 4.39 Å². The topological polar surface area (TPSA) is 97.7 Å². The van der Waals surface area contributed by atoms with Gasteiger partial charge in [0, 0.05) is 42.8 Å². The van der Waals surface area contributed by atoms with E-state index in [2.05, 4.69) is 24.7 Å². The first-order valence-electron chi connectivity index (χ1n) is 9.87. The molecule has 32 heavy (non-hydrogen) atoms. The second kappa shape index (κ2) is 10.2. The van der Waals surface area contributed by atoms with Crippen LogP contribution in [-0.2, 0) is 17.4 Å². The average Bonchev–Trinajstić information content (AvgIpc) is 2.83. The van der Waals surface area contributed by atoms with Crippen LogP contribution in [-0.4, -0.2) is 28.4 Å². The Labute approximate surface area is 186 Å². The molecule has 0 amide bonds. The smallest absolute Gasteiger partial charge is 0.201 e. The predicted molar refractivity (Wildman–Crippen MR) is 118 cm³/mol. The number of rotatable bonds is 8. The van der Waals surface area contributed by atoms with E-state index in [-0.39, 0.29) is 24.2 Å². The second-order valence-corrected chi connectivity index (χ2v) is 7.90. The molecule has 9 heteroatoms. The van der Waals surface area contributed by atoms with E-state index in [1.165, 1.54) is 12.1 Å². The normalized spacial score (nSPS) is 12.2. The molecular weight excluding hydrogens is 429 g/mol. The Balaban J connectivity index is 1.88. The lowest BCUT2D eigenvalue weighted by Crippen LogP contribution is -2.19. The van der Waals surface area contributed by atoms with Gasteiger partial charge in [0.2, 0.25) is 10.9 Å². The number of aromatic nitrogens is 4. The maximum absolute atomic E-state index is 13.7. The van der Waals surface area contributed by atoms with Gasteiger partial charge in [0.25, 0.3) is 0 Å². The van der Waals surface area contributed by atoms with E-state index in [1.54, 1.807) is 49.2 Å². The molecule has 1 unspecified atom stereocenters. The van der Waals surface area contributed by atoms with Crippen molar-refractivity contribution in [2.24, 2.45) is 0 Å². The largest absolute Gasteiger partial charge is 0.264 e. The van der Waals surface area contributed by atoms with Gasteiger partial charge in [0.05, 0.1) is 12.2 Å². The Kier molecular flexibility index (Phi) is 6.88. The van der Waals surface area contributed by atoms with Crippen molar-refractivity contribution < 1.29 is 12.8 Å². The summed E-state index contributed by atoms with van der Waals surface area (Å²) in [4.78, 5) is 17.4. The van der Waals surface area contributed by atoms with Crippen molar-refractivity contribution in [2.75, 3.05) is 0 Å². The van der Waals surface area contributed by atoms with Crippen LogP contribution >= 0.6 is 0 Å². The van der Waals surface area contributed by atoms with Gasteiger partial charge in [-0.1, -0.05) is 24.3 Å². The highest BCUT2D eigenvalue weighted by Crippen LogP contribution is 2.41. The molecule has 0 radical (unpaired) electrons. The zero-order valence-corrected chi connectivity index (χ0v) is 17.8. The van der Waals surface area contributed by atoms with Crippen LogP contribution in [0, 0.1) is 5.82 Å². The minimum atomic E-state index is -2.77. The van der Waals surface area contributed by atoms with Crippen molar-refractivity contribution in [2.45, 2.75) is 18.4 Å². The molecule has 1 N–H and O–H groups in total. The highest BCUT2D eigenvalue weighted by molar-refractivity contribution is 7.70. The summed E-state index contributed by atoms with van der Waals surface area (Å²) >= 11 is 0. The molecule has 7 nitrogen and oxygen atoms in total. The Morgan fingerprint density at radius 2 is 1.47 bits per heavy atom. The zero-order chi connectivity index (χ0) is 22.3. The Bertz CT molecular complexity index is 1190. The van der Waals surface area contributed by atoms with E-state index >= 15 is 0 Å². The van der Waals surface area contributed by atoms with Gasteiger partial charge >= 0.3 is 0 Å². The number of hydrogen-bond acceptors (Lipinski definition) is 6. The van der Waals surface area contributed by atoms with Gasteiger partial charge in [-0.3, -0.25) is 9.97 Å². The molecule has 3 aromatic heterocycles. The van der Waals surface area contributed by atoms with Crippen LogP contribution < -0.4 is 4.72 Å². The molecule has 0 spiro atoms. The van der Waals surface area contributed by atoms with Crippen molar-refractivity contribution >= 4 is 10.9 Å². The van der Waals surface area contributed by atoms with Crippen LogP contribution in [0.5, 0.6) is 0 Å². The fourth-order valence-electron chi connectivity index (χ4n) is 3.71. The maximum atomic E-state index is 13.7. The van der Waals surface area contributed by atoms with E-state index in [0.717, 1.165) is 16.7 Å². The van der Waals surface area contributed by atoms with Crippen molar-refractivity contribution in [3.05, 3.63) is 120 Å². The number of hydrogen-bond donors (Lipinski definition) is 2. The van der Waals surface area contributed by atoms with Gasteiger partial charge in [0.15, 0.2) is 0 Å². The summed E-state index contributed by atoms with van der Waals surface area (Å²) in [6, 6.07) is 15.8. The van der Waals surface area contributed by atoms with E-state index in [4.69, 9.17) is 0 Å². The summed E-state index contributed by atoms with van der Waals surface area (Å²) in [6.45, 7) is -0.0207. The molecule has 1 atom stereocenters. The number of nitrogens with zero attached hydrogens (tertiary/aromatic N) is 4. The SMILES string of the molecule is O=[SH](=O)NCc1nccc(C(c2ccc(F)cc2)C(c2cccnc2)c2cccnc2)n1. The summed E-state index contributed by atoms with van der Waals surface area (Å²) in [5.41, 5.74) is 3.39. The first-order valence-corrected chi connectivity index (χ1v) is 11.0. The molecule has 4 aromatic rings. The third-order valence-corrected chi connectivity index (χ3v) is 5.48. The summed E-state index contributed by atoms with van der Waals surface area (Å²) in [7, 11) is -2.77. The van der Waals surface area contributed by atoms with E-state index in [0.29, 0.717) is 11.5 Å². The fraction of sp³-hybridized carbons (Fsp3) is 0.130. The lowest BCUT2D eigenvalue weighted by Gasteiger charge is -2.28. The summed E-state index contributed by atoms with van der Waals surface area (Å²) in [5, 5.41) is 0. The molecule has 0 bridgehead atoms. The van der Waals surface area contributed by atoms with Gasteiger partial charge in [0.1, 0.15) is 11.6 Å². The first-order chi connectivity index (χ1) is 15.6. The lowest BCUT2D eigenvalue weighted by molar-refractivity contribution is 0.598. The van der Waals surface area contributed by atoms with E-state index in [9.17, 15) is 12.8 Å². The molecule has 1 aromatic carbocycles. The van der Waals surface area contributed by atoms with Gasteiger partial charge in [-0.25, -0.2) is 27.5 Å². The second-order valence-electron chi connectivity index (χ2n) is 7.07. The molecule has 0 aliphatic rings. The van der Waals surface area contributed by atoms with Gasteiger partial charge < -0.3 is 0 Å². The number of nitrogens with one attached hydrogen (secondary N) is 1. The molecule has 4 rings (SSSR count). The molecular formula is C23H20FN5O2S. The zero-order valence-electron chi connectivity index (χ0n) is 16.9. The third-order valence-electron chi connectivity index (χ3n) is 5.06. The van der Waals surface area contributed by atoms with Crippen molar-refractivity contribution in [3.8, 4) is 0 Å². The van der Waals surface area contributed by atoms with E-state index < -0.39 is 10.9 Å². The fourth-order valence-corrected chi connectivity index (χ4v) is 3.98. The van der Waals surface area contributed by atoms with Crippen LogP contribution in [0.1, 0.15) is 40.0 Å². The van der Waals surface area contributed by atoms with Crippen molar-refractivity contribution in [3.63, 3.8) is 0 Å². The minimum absolute atomic E-state index is 0.0207. The number of halogens is 1. The average molecular weight is 450 g/mol. The first kappa shape index (κ1) is 21.7. The molecule has 3 heterocycles. The monoisotopic (exact) mass is 449 g/mol. The molecule has 0 aliphatic heterocycles.